The van der Waals surface area contributed by atoms with E-state index < -0.39 is 0 Å². The van der Waals surface area contributed by atoms with Crippen LogP contribution in [0.1, 0.15) is 19.8 Å². The maximum absolute atomic E-state index is 5.47. The first-order chi connectivity index (χ1) is 3.84. The zero-order chi connectivity index (χ0) is 5.98. The van der Waals surface area contributed by atoms with E-state index in [0.717, 1.165) is 18.7 Å². The second-order valence-electron chi connectivity index (χ2n) is 2.21. The van der Waals surface area contributed by atoms with E-state index in [1.807, 2.05) is 0 Å². The van der Waals surface area contributed by atoms with E-state index in [1.54, 1.807) is 0 Å². The Balaban J connectivity index is 1.89. The molecule has 1 rings (SSSR count). The van der Waals surface area contributed by atoms with E-state index in [0.29, 0.717) is 12.2 Å². The molecule has 8 heavy (non-hydrogen) atoms. The Morgan fingerprint density at radius 3 is 2.62 bits per heavy atom. The van der Waals surface area contributed by atoms with Crippen LogP contribution in [0.4, 0.5) is 0 Å². The van der Waals surface area contributed by atoms with Crippen molar-refractivity contribution < 1.29 is 4.74 Å². The summed E-state index contributed by atoms with van der Waals surface area (Å²) >= 11 is 5.47. The average molecular weight is 135 g/mol. The molecular weight excluding hydrogens is 124 g/mol. The molecule has 0 aromatic rings. The lowest BCUT2D eigenvalue weighted by Crippen LogP contribution is -1.88. The predicted molar refractivity (Wildman–Crippen MR) is 34.3 cm³/mol. The SMILES string of the molecule is C[C@@H]1O[C@@H]1CCCCl. The van der Waals surface area contributed by atoms with Gasteiger partial charge in [0.05, 0.1) is 12.2 Å². The highest BCUT2D eigenvalue weighted by atomic mass is 35.5. The lowest BCUT2D eigenvalue weighted by Gasteiger charge is -1.86. The Kier molecular flexibility index (Phi) is 2.15. The molecule has 0 aromatic carbocycles. The van der Waals surface area contributed by atoms with Crippen molar-refractivity contribution in [3.63, 3.8) is 0 Å². The Morgan fingerprint density at radius 1 is 1.62 bits per heavy atom. The fraction of sp³-hybridized carbons (Fsp3) is 1.00. The van der Waals surface area contributed by atoms with Gasteiger partial charge in [-0.25, -0.2) is 0 Å². The summed E-state index contributed by atoms with van der Waals surface area (Å²) in [6.45, 7) is 2.10. The fourth-order valence-corrected chi connectivity index (χ4v) is 0.966. The highest BCUT2D eigenvalue weighted by Gasteiger charge is 2.32. The van der Waals surface area contributed by atoms with Crippen molar-refractivity contribution in [1.29, 1.82) is 0 Å². The molecule has 0 saturated carbocycles. The van der Waals surface area contributed by atoms with Crippen LogP contribution in [0.25, 0.3) is 0 Å². The van der Waals surface area contributed by atoms with E-state index in [4.69, 9.17) is 16.3 Å². The molecule has 0 radical (unpaired) electrons. The van der Waals surface area contributed by atoms with Gasteiger partial charge in [0.2, 0.25) is 0 Å². The summed E-state index contributed by atoms with van der Waals surface area (Å²) in [6.07, 6.45) is 3.29. The molecule has 0 unspecified atom stereocenters. The van der Waals surface area contributed by atoms with E-state index in [-0.39, 0.29) is 0 Å². The van der Waals surface area contributed by atoms with Gasteiger partial charge in [0.25, 0.3) is 0 Å². The molecule has 0 aliphatic carbocycles. The summed E-state index contributed by atoms with van der Waals surface area (Å²) in [7, 11) is 0. The third kappa shape index (κ3) is 1.64. The highest BCUT2D eigenvalue weighted by Crippen LogP contribution is 2.25. The first-order valence-corrected chi connectivity index (χ1v) is 3.59. The molecule has 0 aromatic heterocycles. The molecule has 0 spiro atoms. The maximum Gasteiger partial charge on any atom is 0.0839 e. The first-order valence-electron chi connectivity index (χ1n) is 3.06. The largest absolute Gasteiger partial charge is 0.370 e. The quantitative estimate of drug-likeness (QED) is 0.424. The van der Waals surface area contributed by atoms with Crippen molar-refractivity contribution in [2.24, 2.45) is 0 Å². The molecule has 1 aliphatic heterocycles. The minimum atomic E-state index is 0.512. The fourth-order valence-electron chi connectivity index (χ4n) is 0.811. The molecule has 0 amide bonds. The minimum absolute atomic E-state index is 0.512. The van der Waals surface area contributed by atoms with Gasteiger partial charge in [0.15, 0.2) is 0 Å². The van der Waals surface area contributed by atoms with Gasteiger partial charge in [-0.3, -0.25) is 0 Å². The number of rotatable bonds is 3. The van der Waals surface area contributed by atoms with Crippen LogP contribution < -0.4 is 0 Å². The van der Waals surface area contributed by atoms with Gasteiger partial charge < -0.3 is 4.74 Å². The summed E-state index contributed by atoms with van der Waals surface area (Å²) in [5.74, 6) is 0.770. The molecule has 2 heteroatoms. The van der Waals surface area contributed by atoms with Crippen LogP contribution in [0.2, 0.25) is 0 Å². The summed E-state index contributed by atoms with van der Waals surface area (Å²) < 4.78 is 5.16. The van der Waals surface area contributed by atoms with E-state index in [2.05, 4.69) is 6.92 Å². The zero-order valence-electron chi connectivity index (χ0n) is 5.06. The van der Waals surface area contributed by atoms with Gasteiger partial charge in [-0.15, -0.1) is 11.6 Å². The molecule has 0 N–H and O–H groups in total. The smallest absolute Gasteiger partial charge is 0.0839 e. The van der Waals surface area contributed by atoms with Gasteiger partial charge in [0.1, 0.15) is 0 Å². The van der Waals surface area contributed by atoms with Crippen molar-refractivity contribution in [2.75, 3.05) is 5.88 Å². The monoisotopic (exact) mass is 134 g/mol. The number of hydrogen-bond acceptors (Lipinski definition) is 1. The second-order valence-corrected chi connectivity index (χ2v) is 2.59. The number of hydrogen-bond donors (Lipinski definition) is 0. The molecule has 1 heterocycles. The topological polar surface area (TPSA) is 12.5 Å². The first kappa shape index (κ1) is 6.37. The van der Waals surface area contributed by atoms with Crippen molar-refractivity contribution in [2.45, 2.75) is 32.0 Å². The number of halogens is 1. The van der Waals surface area contributed by atoms with Crippen molar-refractivity contribution in [3.8, 4) is 0 Å². The Morgan fingerprint density at radius 2 is 2.25 bits per heavy atom. The van der Waals surface area contributed by atoms with Crippen LogP contribution in [0.3, 0.4) is 0 Å². The number of ether oxygens (including phenoxy) is 1. The molecule has 1 saturated heterocycles. The summed E-state index contributed by atoms with van der Waals surface area (Å²) in [5, 5.41) is 0. The summed E-state index contributed by atoms with van der Waals surface area (Å²) in [4.78, 5) is 0. The van der Waals surface area contributed by atoms with E-state index >= 15 is 0 Å². The van der Waals surface area contributed by atoms with Crippen LogP contribution in [0.15, 0.2) is 0 Å². The molecule has 1 nitrogen and oxygen atoms in total. The van der Waals surface area contributed by atoms with E-state index in [1.165, 1.54) is 0 Å². The van der Waals surface area contributed by atoms with Crippen LogP contribution in [-0.2, 0) is 4.74 Å². The molecular formula is C6H11ClO. The third-order valence-electron chi connectivity index (χ3n) is 1.46. The van der Waals surface area contributed by atoms with Gasteiger partial charge in [-0.1, -0.05) is 0 Å². The lowest BCUT2D eigenvalue weighted by molar-refractivity contribution is 0.369. The summed E-state index contributed by atoms with van der Waals surface area (Å²) in [6, 6.07) is 0. The second kappa shape index (κ2) is 2.70. The van der Waals surface area contributed by atoms with Crippen molar-refractivity contribution in [3.05, 3.63) is 0 Å². The maximum atomic E-state index is 5.47. The third-order valence-corrected chi connectivity index (χ3v) is 1.73. The Bertz CT molecular complexity index is 74.9. The van der Waals surface area contributed by atoms with Crippen molar-refractivity contribution >= 4 is 11.6 Å². The van der Waals surface area contributed by atoms with Crippen LogP contribution >= 0.6 is 11.6 Å². The Labute approximate surface area is 55.0 Å². The van der Waals surface area contributed by atoms with Gasteiger partial charge in [0, 0.05) is 5.88 Å². The van der Waals surface area contributed by atoms with Crippen LogP contribution in [0.5, 0.6) is 0 Å². The minimum Gasteiger partial charge on any atom is -0.370 e. The van der Waals surface area contributed by atoms with Gasteiger partial charge >= 0.3 is 0 Å². The van der Waals surface area contributed by atoms with Gasteiger partial charge in [-0.05, 0) is 19.8 Å². The van der Waals surface area contributed by atoms with Gasteiger partial charge in [-0.2, -0.15) is 0 Å². The molecule has 1 fully saturated rings. The molecule has 0 bridgehead atoms. The van der Waals surface area contributed by atoms with Crippen LogP contribution in [0, 0.1) is 0 Å². The number of epoxide rings is 1. The van der Waals surface area contributed by atoms with Crippen molar-refractivity contribution in [1.82, 2.24) is 0 Å². The normalized spacial score (nSPS) is 35.2. The average Bonchev–Trinajstić information content (AvgIpc) is 2.42. The molecule has 1 aliphatic rings. The summed E-state index contributed by atoms with van der Waals surface area (Å²) in [5.41, 5.74) is 0. The Hall–Kier alpha value is 0.250. The zero-order valence-corrected chi connectivity index (χ0v) is 5.82. The lowest BCUT2D eigenvalue weighted by atomic mass is 10.2. The predicted octanol–water partition coefficient (Wildman–Crippen LogP) is 1.79. The van der Waals surface area contributed by atoms with Crippen LogP contribution in [-0.4, -0.2) is 18.1 Å². The molecule has 2 atom stereocenters. The highest BCUT2D eigenvalue weighted by molar-refractivity contribution is 6.17. The standard InChI is InChI=1S/C6H11ClO/c1-5-6(8-5)3-2-4-7/h5-6H,2-4H2,1H3/t5-,6+/m0/s1. The number of alkyl halides is 1. The van der Waals surface area contributed by atoms with E-state index in [9.17, 15) is 0 Å². The molecule has 48 valence electrons.